The van der Waals surface area contributed by atoms with E-state index in [1.165, 1.54) is 14.0 Å². The molecule has 2 aromatic rings. The first-order valence-electron chi connectivity index (χ1n) is 21.3. The number of fused-ring (bicyclic) bond motifs is 2. The molecular formula is C44H77F2N5O10S. The van der Waals surface area contributed by atoms with Crippen LogP contribution in [0.3, 0.4) is 0 Å². The number of pyridine rings is 1. The van der Waals surface area contributed by atoms with Crippen molar-refractivity contribution in [2.75, 3.05) is 34.4 Å². The van der Waals surface area contributed by atoms with Gasteiger partial charge in [0.2, 0.25) is 33.6 Å². The van der Waals surface area contributed by atoms with Crippen LogP contribution in [0.5, 0.6) is 17.4 Å². The van der Waals surface area contributed by atoms with Gasteiger partial charge in [0.15, 0.2) is 17.1 Å². The van der Waals surface area contributed by atoms with Crippen LogP contribution >= 0.6 is 0 Å². The maximum atomic E-state index is 13.3. The van der Waals surface area contributed by atoms with Gasteiger partial charge in [-0.05, 0) is 81.4 Å². The highest BCUT2D eigenvalue weighted by molar-refractivity contribution is 7.90. The Morgan fingerprint density at radius 3 is 2.11 bits per heavy atom. The van der Waals surface area contributed by atoms with Gasteiger partial charge in [-0.1, -0.05) is 53.7 Å². The number of alkyl carbamates (subject to hydrolysis) is 1. The fourth-order valence-electron chi connectivity index (χ4n) is 6.33. The number of methoxy groups -OCH3 is 2. The number of nitrogens with one attached hydrogen (secondary N) is 3. The monoisotopic (exact) mass is 906 g/mol. The van der Waals surface area contributed by atoms with Gasteiger partial charge < -0.3 is 34.5 Å². The Morgan fingerprint density at radius 1 is 0.952 bits per heavy atom. The molecule has 3 aliphatic rings. The summed E-state index contributed by atoms with van der Waals surface area (Å²) >= 11 is 0. The van der Waals surface area contributed by atoms with Crippen LogP contribution in [0.2, 0.25) is 0 Å². The summed E-state index contributed by atoms with van der Waals surface area (Å²) in [6, 6.07) is 5.04. The minimum absolute atomic E-state index is 0. The number of aromatic nitrogens is 1. The first-order valence-corrected chi connectivity index (χ1v) is 22.9. The summed E-state index contributed by atoms with van der Waals surface area (Å²) in [4.78, 5) is 53.5. The summed E-state index contributed by atoms with van der Waals surface area (Å²) in [5, 5.41) is 6.45. The molecule has 0 spiro atoms. The molecule has 358 valence electrons. The summed E-state index contributed by atoms with van der Waals surface area (Å²) < 4.78 is 70.7. The van der Waals surface area contributed by atoms with Gasteiger partial charge in [-0.15, -0.1) is 0 Å². The van der Waals surface area contributed by atoms with E-state index in [1.54, 1.807) is 25.3 Å². The molecule has 0 unspecified atom stereocenters. The predicted octanol–water partition coefficient (Wildman–Crippen LogP) is 8.30. The van der Waals surface area contributed by atoms with Gasteiger partial charge in [0.1, 0.15) is 12.1 Å². The number of amides is 4. The van der Waals surface area contributed by atoms with Gasteiger partial charge in [-0.25, -0.2) is 27.0 Å². The van der Waals surface area contributed by atoms with Gasteiger partial charge in [0, 0.05) is 56.1 Å². The highest BCUT2D eigenvalue weighted by Crippen LogP contribution is 2.37. The van der Waals surface area contributed by atoms with Crippen molar-refractivity contribution in [1.82, 2.24) is 25.2 Å². The van der Waals surface area contributed by atoms with Crippen molar-refractivity contribution < 1.29 is 59.6 Å². The van der Waals surface area contributed by atoms with Crippen LogP contribution in [-0.4, -0.2) is 105 Å². The summed E-state index contributed by atoms with van der Waals surface area (Å²) in [6.07, 6.45) is 9.87. The first-order chi connectivity index (χ1) is 29.1. The molecule has 3 N–H and O–H groups in total. The van der Waals surface area contributed by atoms with Crippen molar-refractivity contribution in [3.8, 4) is 17.4 Å². The minimum atomic E-state index is -3.29. The number of allylic oxidation sites excluding steroid dienone is 1. The molecule has 3 heterocycles. The smallest absolute Gasteiger partial charge is 0.407 e. The van der Waals surface area contributed by atoms with Gasteiger partial charge >= 0.3 is 6.09 Å². The maximum Gasteiger partial charge on any atom is 0.407 e. The van der Waals surface area contributed by atoms with E-state index in [9.17, 15) is 36.4 Å². The Hall–Kier alpha value is -4.74. The molecule has 1 aliphatic carbocycles. The van der Waals surface area contributed by atoms with Crippen molar-refractivity contribution >= 4 is 44.6 Å². The number of hydrogen-bond donors (Lipinski definition) is 3. The molecule has 0 bridgehead atoms. The number of alkyl halides is 2. The molecule has 1 saturated carbocycles. The predicted molar refractivity (Wildman–Crippen MR) is 243 cm³/mol. The molecule has 1 saturated heterocycles. The maximum absolute atomic E-state index is 13.3. The second-order valence-electron chi connectivity index (χ2n) is 15.5. The van der Waals surface area contributed by atoms with E-state index < -0.39 is 39.6 Å². The molecule has 62 heavy (non-hydrogen) atoms. The molecule has 4 atom stereocenters. The fraction of sp³-hybridized carbons (Fsp3) is 0.659. The zero-order valence-electron chi connectivity index (χ0n) is 38.9. The van der Waals surface area contributed by atoms with Gasteiger partial charge in [-0.3, -0.25) is 19.1 Å². The molecule has 0 radical (unpaired) electrons. The largest absolute Gasteiger partial charge is 0.493 e. The van der Waals surface area contributed by atoms with E-state index in [-0.39, 0.29) is 33.4 Å². The van der Waals surface area contributed by atoms with E-state index in [0.717, 1.165) is 43.9 Å². The molecule has 2 fully saturated rings. The zero-order valence-corrected chi connectivity index (χ0v) is 39.7. The average Bonchev–Trinajstić information content (AvgIpc) is 4.00. The SMILES string of the molecule is CC.CC.CC(=O)NS(=O)(=O)C1CC1.CNC(=O)OC(C)(C)C(C)(F)F.COc1cc2ccnc(O[C@@H]3C[C@H]4C(=O)NC/C=C\CC[C@H](C)C[C@@H](C)CC(=O)N4C3)c2cc1OC.[HH].[HH].[HH]. The number of carbonyl (C=O) groups excluding carboxylic acids is 4. The summed E-state index contributed by atoms with van der Waals surface area (Å²) in [5.41, 5.74) is -1.78. The molecular weight excluding hydrogens is 829 g/mol. The van der Waals surface area contributed by atoms with Crippen LogP contribution in [0.4, 0.5) is 13.6 Å². The highest BCUT2D eigenvalue weighted by Gasteiger charge is 2.45. The number of hydrogen-bond acceptors (Lipinski definition) is 11. The number of nitrogens with zero attached hydrogens (tertiary/aromatic N) is 2. The molecule has 15 nitrogen and oxygen atoms in total. The summed E-state index contributed by atoms with van der Waals surface area (Å²) in [7, 11) is 1.21. The third-order valence-corrected chi connectivity index (χ3v) is 11.9. The lowest BCUT2D eigenvalue weighted by molar-refractivity contribution is -0.149. The molecule has 18 heteroatoms. The average molecular weight is 906 g/mol. The van der Waals surface area contributed by atoms with Crippen molar-refractivity contribution in [1.29, 1.82) is 0 Å². The normalized spacial score (nSPS) is 21.0. The van der Waals surface area contributed by atoms with E-state index in [4.69, 9.17) is 14.2 Å². The Morgan fingerprint density at radius 2 is 1.56 bits per heavy atom. The highest BCUT2D eigenvalue weighted by atomic mass is 32.2. The van der Waals surface area contributed by atoms with Crippen LogP contribution in [0, 0.1) is 11.8 Å². The molecule has 4 amide bonds. The van der Waals surface area contributed by atoms with E-state index in [0.29, 0.717) is 69.0 Å². The van der Waals surface area contributed by atoms with Crippen molar-refractivity contribution in [2.45, 2.75) is 143 Å². The number of sulfonamides is 1. The molecule has 2 aliphatic heterocycles. The summed E-state index contributed by atoms with van der Waals surface area (Å²) in [5.74, 6) is -1.25. The lowest BCUT2D eigenvalue weighted by Crippen LogP contribution is -2.46. The van der Waals surface area contributed by atoms with E-state index in [2.05, 4.69) is 40.3 Å². The van der Waals surface area contributed by atoms with Crippen LogP contribution in [0.25, 0.3) is 10.8 Å². The number of halogens is 2. The Labute approximate surface area is 371 Å². The van der Waals surface area contributed by atoms with E-state index >= 15 is 0 Å². The number of carbonyl (C=O) groups is 4. The first kappa shape index (κ1) is 55.3. The number of ether oxygens (including phenoxy) is 4. The van der Waals surface area contributed by atoms with Crippen LogP contribution in [0.15, 0.2) is 36.5 Å². The lowest BCUT2D eigenvalue weighted by atomic mass is 9.91. The molecule has 1 aromatic carbocycles. The van der Waals surface area contributed by atoms with E-state index in [1.807, 2.05) is 56.7 Å². The van der Waals surface area contributed by atoms with Gasteiger partial charge in [0.05, 0.1) is 26.0 Å². The Kier molecular flexibility index (Phi) is 23.2. The van der Waals surface area contributed by atoms with Crippen LogP contribution < -0.4 is 29.6 Å². The van der Waals surface area contributed by atoms with Crippen molar-refractivity contribution in [3.63, 3.8) is 0 Å². The van der Waals surface area contributed by atoms with Crippen LogP contribution in [-0.2, 0) is 29.1 Å². The number of rotatable bonds is 8. The topological polar surface area (TPSA) is 192 Å². The van der Waals surface area contributed by atoms with Crippen molar-refractivity contribution in [2.24, 2.45) is 11.8 Å². The third-order valence-electron chi connectivity index (χ3n) is 9.97. The van der Waals surface area contributed by atoms with Gasteiger partial charge in [0.25, 0.3) is 5.92 Å². The van der Waals surface area contributed by atoms with Crippen LogP contribution in [0.1, 0.15) is 118 Å². The lowest BCUT2D eigenvalue weighted by Gasteiger charge is -2.30. The minimum Gasteiger partial charge on any atom is -0.493 e. The quantitative estimate of drug-likeness (QED) is 0.216. The summed E-state index contributed by atoms with van der Waals surface area (Å²) in [6.45, 7) is 17.4. The van der Waals surface area contributed by atoms with Crippen molar-refractivity contribution in [3.05, 3.63) is 36.5 Å². The third kappa shape index (κ3) is 17.6. The standard InChI is InChI=1S/C28H37N3O5.C7H13F2NO2.C5H9NO3S.2C2H6.3H2/c1-18-8-6-5-7-10-29-27(33)23-15-21(17-31(23)26(32)13-19(2)12-18)36-28-22-16-25(35-4)24(34-3)14-20(22)9-11-30-28;1-6(2,7(3,8)9)12-5(11)10-4;1-4(7)6-10(8,9)5-2-3-5;2*1-2;;;/h5,7,9,11,14,16,18-19,21,23H,6,8,10,12-13,15,17H2,1-4H3,(H,29,33);1-4H3,(H,10,11);5H,2-3H2,1H3,(H,6,7);2*1-2H3;3*1H/b7-5-;;;;;;;/t18-,19+,21+,23-;;;;;;;/m0......./s1. The number of benzene rings is 1. The molecule has 5 rings (SSSR count). The fourth-order valence-corrected chi connectivity index (χ4v) is 7.65. The second kappa shape index (κ2) is 26.0. The van der Waals surface area contributed by atoms with Gasteiger partial charge in [-0.2, -0.15) is 0 Å². The second-order valence-corrected chi connectivity index (χ2v) is 17.4. The Balaban J connectivity index is -0.00000109. The Bertz CT molecular complexity index is 1900. The zero-order chi connectivity index (χ0) is 47.4. The molecule has 1 aromatic heterocycles.